The fourth-order valence-electron chi connectivity index (χ4n) is 3.77. The lowest BCUT2D eigenvalue weighted by atomic mass is 10.1. The molecule has 4 aromatic rings. The first-order valence-corrected chi connectivity index (χ1v) is 12.2. The van der Waals surface area contributed by atoms with Crippen molar-refractivity contribution < 1.29 is 23.8 Å². The SMILES string of the molecule is COc1ccc(C(=O)NC(COCc2ccccc2)C(=O)Nc2ccc(Oc3ccccc3)cc2)c(C)c1. The molecule has 0 fully saturated rings. The van der Waals surface area contributed by atoms with Crippen LogP contribution in [0.1, 0.15) is 21.5 Å². The van der Waals surface area contributed by atoms with E-state index in [1.807, 2.05) is 67.6 Å². The quantitative estimate of drug-likeness (QED) is 0.268. The molecule has 1 unspecified atom stereocenters. The summed E-state index contributed by atoms with van der Waals surface area (Å²) in [7, 11) is 1.57. The third-order valence-corrected chi connectivity index (χ3v) is 5.80. The number of methoxy groups -OCH3 is 1. The van der Waals surface area contributed by atoms with Gasteiger partial charge in [-0.1, -0.05) is 48.5 Å². The number of hydrogen-bond acceptors (Lipinski definition) is 5. The third-order valence-electron chi connectivity index (χ3n) is 5.80. The van der Waals surface area contributed by atoms with Crippen LogP contribution in [0.2, 0.25) is 0 Å². The maximum Gasteiger partial charge on any atom is 0.252 e. The molecule has 38 heavy (non-hydrogen) atoms. The third kappa shape index (κ3) is 7.44. The minimum Gasteiger partial charge on any atom is -0.497 e. The lowest BCUT2D eigenvalue weighted by molar-refractivity contribution is -0.119. The topological polar surface area (TPSA) is 85.9 Å². The Balaban J connectivity index is 1.43. The Bertz CT molecular complexity index is 1340. The number of anilines is 1. The molecule has 2 amide bonds. The van der Waals surface area contributed by atoms with Crippen molar-refractivity contribution >= 4 is 17.5 Å². The summed E-state index contributed by atoms with van der Waals surface area (Å²) in [5.41, 5.74) is 2.73. The van der Waals surface area contributed by atoms with E-state index < -0.39 is 11.9 Å². The Hall–Kier alpha value is -4.62. The number of hydrogen-bond donors (Lipinski definition) is 2. The monoisotopic (exact) mass is 510 g/mol. The summed E-state index contributed by atoms with van der Waals surface area (Å²) in [4.78, 5) is 26.3. The lowest BCUT2D eigenvalue weighted by Crippen LogP contribution is -2.47. The molecule has 194 valence electrons. The van der Waals surface area contributed by atoms with E-state index in [9.17, 15) is 9.59 Å². The van der Waals surface area contributed by atoms with Crippen LogP contribution in [0.3, 0.4) is 0 Å². The summed E-state index contributed by atoms with van der Waals surface area (Å²) in [5, 5.41) is 5.68. The molecule has 2 N–H and O–H groups in total. The van der Waals surface area contributed by atoms with E-state index in [1.54, 1.807) is 49.6 Å². The zero-order valence-corrected chi connectivity index (χ0v) is 21.3. The molecular weight excluding hydrogens is 480 g/mol. The molecular formula is C31H30N2O5. The highest BCUT2D eigenvalue weighted by atomic mass is 16.5. The summed E-state index contributed by atoms with van der Waals surface area (Å²) in [6.45, 7) is 2.13. The molecule has 1 atom stereocenters. The van der Waals surface area contributed by atoms with Crippen LogP contribution in [0, 0.1) is 6.92 Å². The van der Waals surface area contributed by atoms with Crippen molar-refractivity contribution in [3.8, 4) is 17.2 Å². The molecule has 0 aromatic heterocycles. The Kier molecular flexibility index (Phi) is 9.10. The second-order valence-electron chi connectivity index (χ2n) is 8.64. The van der Waals surface area contributed by atoms with Gasteiger partial charge in [-0.3, -0.25) is 9.59 Å². The average molecular weight is 511 g/mol. The lowest BCUT2D eigenvalue weighted by Gasteiger charge is -2.20. The van der Waals surface area contributed by atoms with E-state index in [0.717, 1.165) is 16.9 Å². The van der Waals surface area contributed by atoms with Crippen LogP contribution < -0.4 is 20.1 Å². The standard InChI is InChI=1S/C31H30N2O5/c1-22-19-27(36-2)17-18-28(22)30(34)33-29(21-37-20-23-9-5-3-6-10-23)31(35)32-24-13-15-26(16-14-24)38-25-11-7-4-8-12-25/h3-19,29H,20-21H2,1-2H3,(H,32,35)(H,33,34). The first-order valence-electron chi connectivity index (χ1n) is 12.2. The van der Waals surface area contributed by atoms with Crippen LogP contribution in [0.15, 0.2) is 103 Å². The van der Waals surface area contributed by atoms with Gasteiger partial charge in [0.05, 0.1) is 20.3 Å². The number of nitrogens with one attached hydrogen (secondary N) is 2. The highest BCUT2D eigenvalue weighted by Crippen LogP contribution is 2.23. The Morgan fingerprint density at radius 2 is 1.42 bits per heavy atom. The van der Waals surface area contributed by atoms with Gasteiger partial charge in [-0.2, -0.15) is 0 Å². The van der Waals surface area contributed by atoms with Gasteiger partial charge in [0.25, 0.3) is 5.91 Å². The molecule has 4 aromatic carbocycles. The zero-order valence-electron chi connectivity index (χ0n) is 21.3. The van der Waals surface area contributed by atoms with E-state index in [1.165, 1.54) is 0 Å². The number of amides is 2. The molecule has 0 bridgehead atoms. The van der Waals surface area contributed by atoms with Crippen LogP contribution in [0.4, 0.5) is 5.69 Å². The van der Waals surface area contributed by atoms with Gasteiger partial charge < -0.3 is 24.8 Å². The van der Waals surface area contributed by atoms with E-state index in [2.05, 4.69) is 10.6 Å². The molecule has 0 saturated carbocycles. The van der Waals surface area contributed by atoms with Crippen molar-refractivity contribution in [2.45, 2.75) is 19.6 Å². The van der Waals surface area contributed by atoms with Crippen molar-refractivity contribution in [3.63, 3.8) is 0 Å². The molecule has 0 heterocycles. The second kappa shape index (κ2) is 13.1. The predicted octanol–water partition coefficient (Wildman–Crippen LogP) is 5.75. The largest absolute Gasteiger partial charge is 0.497 e. The average Bonchev–Trinajstić information content (AvgIpc) is 2.94. The van der Waals surface area contributed by atoms with E-state index in [0.29, 0.717) is 29.4 Å². The second-order valence-corrected chi connectivity index (χ2v) is 8.64. The predicted molar refractivity (Wildman–Crippen MR) is 147 cm³/mol. The van der Waals surface area contributed by atoms with Gasteiger partial charge in [0, 0.05) is 11.3 Å². The highest BCUT2D eigenvalue weighted by Gasteiger charge is 2.23. The van der Waals surface area contributed by atoms with Crippen molar-refractivity contribution in [1.29, 1.82) is 0 Å². The van der Waals surface area contributed by atoms with Gasteiger partial charge in [0.1, 0.15) is 23.3 Å². The molecule has 0 radical (unpaired) electrons. The van der Waals surface area contributed by atoms with Crippen LogP contribution in [0.5, 0.6) is 17.2 Å². The first-order chi connectivity index (χ1) is 18.5. The van der Waals surface area contributed by atoms with Gasteiger partial charge in [-0.25, -0.2) is 0 Å². The van der Waals surface area contributed by atoms with E-state index >= 15 is 0 Å². The van der Waals surface area contributed by atoms with Gasteiger partial charge in [-0.05, 0) is 72.6 Å². The number of para-hydroxylation sites is 1. The van der Waals surface area contributed by atoms with Gasteiger partial charge in [0.15, 0.2) is 0 Å². The number of benzene rings is 4. The fourth-order valence-corrected chi connectivity index (χ4v) is 3.77. The van der Waals surface area contributed by atoms with Gasteiger partial charge in [0.2, 0.25) is 5.91 Å². The maximum atomic E-state index is 13.2. The number of aryl methyl sites for hydroxylation is 1. The maximum absolute atomic E-state index is 13.2. The van der Waals surface area contributed by atoms with Gasteiger partial charge in [-0.15, -0.1) is 0 Å². The minimum absolute atomic E-state index is 0.00310. The highest BCUT2D eigenvalue weighted by molar-refractivity contribution is 6.02. The normalized spacial score (nSPS) is 11.3. The van der Waals surface area contributed by atoms with Crippen LogP contribution >= 0.6 is 0 Å². The Morgan fingerprint density at radius 3 is 2.08 bits per heavy atom. The molecule has 0 aliphatic rings. The van der Waals surface area contributed by atoms with Crippen molar-refractivity contribution in [2.24, 2.45) is 0 Å². The summed E-state index contributed by atoms with van der Waals surface area (Å²) < 4.78 is 16.9. The number of ether oxygens (including phenoxy) is 3. The molecule has 0 spiro atoms. The summed E-state index contributed by atoms with van der Waals surface area (Å²) in [6.07, 6.45) is 0. The first kappa shape index (κ1) is 26.4. The van der Waals surface area contributed by atoms with Crippen molar-refractivity contribution in [1.82, 2.24) is 5.32 Å². The zero-order chi connectivity index (χ0) is 26.7. The molecule has 0 aliphatic heterocycles. The molecule has 0 aliphatic carbocycles. The van der Waals surface area contributed by atoms with Crippen molar-refractivity contribution in [2.75, 3.05) is 19.0 Å². The Morgan fingerprint density at radius 1 is 0.789 bits per heavy atom. The minimum atomic E-state index is -0.923. The number of rotatable bonds is 11. The Labute approximate surface area is 222 Å². The van der Waals surface area contributed by atoms with Crippen LogP contribution in [-0.4, -0.2) is 31.6 Å². The summed E-state index contributed by atoms with van der Waals surface area (Å²) in [6, 6.07) is 30.3. The number of carbonyl (C=O) groups is 2. The van der Waals surface area contributed by atoms with Crippen LogP contribution in [-0.2, 0) is 16.1 Å². The van der Waals surface area contributed by atoms with Gasteiger partial charge >= 0.3 is 0 Å². The molecule has 7 heteroatoms. The van der Waals surface area contributed by atoms with E-state index in [4.69, 9.17) is 14.2 Å². The van der Waals surface area contributed by atoms with Crippen LogP contribution in [0.25, 0.3) is 0 Å². The van der Waals surface area contributed by atoms with Crippen molar-refractivity contribution in [3.05, 3.63) is 120 Å². The summed E-state index contributed by atoms with van der Waals surface area (Å²) >= 11 is 0. The number of carbonyl (C=O) groups excluding carboxylic acids is 2. The fraction of sp³-hybridized carbons (Fsp3) is 0.161. The smallest absolute Gasteiger partial charge is 0.252 e. The molecule has 0 saturated heterocycles. The van der Waals surface area contributed by atoms with E-state index in [-0.39, 0.29) is 12.5 Å². The summed E-state index contributed by atoms with van der Waals surface area (Å²) in [5.74, 6) is 1.24. The molecule has 7 nitrogen and oxygen atoms in total. The molecule has 4 rings (SSSR count).